The first-order valence-electron chi connectivity index (χ1n) is 6.72. The predicted molar refractivity (Wildman–Crippen MR) is 81.5 cm³/mol. The third-order valence-corrected chi connectivity index (χ3v) is 5.07. The van der Waals surface area contributed by atoms with Gasteiger partial charge in [-0.2, -0.15) is 0 Å². The van der Waals surface area contributed by atoms with E-state index < -0.39 is 44.8 Å². The zero-order valence-corrected chi connectivity index (χ0v) is 13.8. The summed E-state index contributed by atoms with van der Waals surface area (Å²) in [5.74, 6) is -8.89. The summed E-state index contributed by atoms with van der Waals surface area (Å²) < 4.78 is 77.6. The van der Waals surface area contributed by atoms with Crippen LogP contribution in [0.25, 0.3) is 0 Å². The SMILES string of the molecule is CN(C)S(=O)(=O)c1ccc(NC(=O)c2cc(F)c(F)c(F)c2F)cc1. The Kier molecular flexibility index (Phi) is 5.14. The van der Waals surface area contributed by atoms with Crippen molar-refractivity contribution < 1.29 is 30.8 Å². The number of rotatable bonds is 4. The molecule has 0 spiro atoms. The molecular formula is C15H12F4N2O3S. The summed E-state index contributed by atoms with van der Waals surface area (Å²) in [6.07, 6.45) is 0. The van der Waals surface area contributed by atoms with Gasteiger partial charge in [0.1, 0.15) is 0 Å². The molecule has 0 saturated carbocycles. The second kappa shape index (κ2) is 6.81. The number of nitrogens with zero attached hydrogens (tertiary/aromatic N) is 1. The Balaban J connectivity index is 2.28. The van der Waals surface area contributed by atoms with E-state index in [0.717, 1.165) is 4.31 Å². The second-order valence-electron chi connectivity index (χ2n) is 5.11. The van der Waals surface area contributed by atoms with E-state index >= 15 is 0 Å². The topological polar surface area (TPSA) is 66.5 Å². The molecule has 0 aliphatic rings. The molecule has 0 heterocycles. The van der Waals surface area contributed by atoms with Gasteiger partial charge in [0.2, 0.25) is 10.0 Å². The zero-order valence-electron chi connectivity index (χ0n) is 13.0. The van der Waals surface area contributed by atoms with Gasteiger partial charge >= 0.3 is 0 Å². The number of amides is 1. The van der Waals surface area contributed by atoms with Crippen molar-refractivity contribution in [2.24, 2.45) is 0 Å². The molecular weight excluding hydrogens is 364 g/mol. The van der Waals surface area contributed by atoms with E-state index in [2.05, 4.69) is 5.32 Å². The van der Waals surface area contributed by atoms with Crippen molar-refractivity contribution in [3.05, 3.63) is 59.2 Å². The maximum Gasteiger partial charge on any atom is 0.258 e. The van der Waals surface area contributed by atoms with E-state index in [9.17, 15) is 30.8 Å². The van der Waals surface area contributed by atoms with E-state index in [-0.39, 0.29) is 16.6 Å². The molecule has 0 saturated heterocycles. The molecule has 0 aliphatic heterocycles. The molecule has 0 atom stereocenters. The van der Waals surface area contributed by atoms with E-state index in [1.807, 2.05) is 0 Å². The lowest BCUT2D eigenvalue weighted by Crippen LogP contribution is -2.22. The number of carbonyl (C=O) groups excluding carboxylic acids is 1. The summed E-state index contributed by atoms with van der Waals surface area (Å²) in [6.45, 7) is 0. The summed E-state index contributed by atoms with van der Waals surface area (Å²) in [5.41, 5.74) is -0.978. The van der Waals surface area contributed by atoms with E-state index in [1.165, 1.54) is 38.4 Å². The molecule has 2 rings (SSSR count). The maximum absolute atomic E-state index is 13.6. The lowest BCUT2D eigenvalue weighted by molar-refractivity contribution is 0.102. The summed E-state index contributed by atoms with van der Waals surface area (Å²) in [6, 6.07) is 5.03. The molecule has 0 unspecified atom stereocenters. The summed E-state index contributed by atoms with van der Waals surface area (Å²) in [4.78, 5) is 11.9. The van der Waals surface area contributed by atoms with Crippen LogP contribution in [0.1, 0.15) is 10.4 Å². The number of anilines is 1. The average molecular weight is 376 g/mol. The van der Waals surface area contributed by atoms with Crippen LogP contribution in [-0.2, 0) is 10.0 Å². The Labute approximate surface area is 140 Å². The standard InChI is InChI=1S/C15H12F4N2O3S/c1-21(2)25(23,24)9-5-3-8(4-6-9)20-15(22)10-7-11(16)13(18)14(19)12(10)17/h3-7H,1-2H3,(H,20,22). The number of benzene rings is 2. The molecule has 134 valence electrons. The minimum atomic E-state index is -3.68. The maximum atomic E-state index is 13.6. The van der Waals surface area contributed by atoms with Gasteiger partial charge in [-0.05, 0) is 30.3 Å². The van der Waals surface area contributed by atoms with Crippen LogP contribution in [0, 0.1) is 23.3 Å². The lowest BCUT2D eigenvalue weighted by Gasteiger charge is -2.12. The Bertz CT molecular complexity index is 929. The predicted octanol–water partition coefficient (Wildman–Crippen LogP) is 2.75. The highest BCUT2D eigenvalue weighted by molar-refractivity contribution is 7.89. The highest BCUT2D eigenvalue weighted by Crippen LogP contribution is 2.21. The fourth-order valence-corrected chi connectivity index (χ4v) is 2.76. The zero-order chi connectivity index (χ0) is 18.9. The minimum absolute atomic E-state index is 0.0484. The van der Waals surface area contributed by atoms with Gasteiger partial charge in [0.25, 0.3) is 5.91 Å². The van der Waals surface area contributed by atoms with Crippen molar-refractivity contribution in [1.82, 2.24) is 4.31 Å². The van der Waals surface area contributed by atoms with Crippen LogP contribution < -0.4 is 5.32 Å². The molecule has 2 aromatic carbocycles. The molecule has 25 heavy (non-hydrogen) atoms. The number of carbonyl (C=O) groups is 1. The Morgan fingerprint density at radius 2 is 1.52 bits per heavy atom. The van der Waals surface area contributed by atoms with Crippen LogP contribution in [0.2, 0.25) is 0 Å². The number of halogens is 4. The van der Waals surface area contributed by atoms with E-state index in [4.69, 9.17) is 0 Å². The van der Waals surface area contributed by atoms with Gasteiger partial charge < -0.3 is 5.32 Å². The van der Waals surface area contributed by atoms with Crippen molar-refractivity contribution in [1.29, 1.82) is 0 Å². The van der Waals surface area contributed by atoms with E-state index in [1.54, 1.807) is 0 Å². The van der Waals surface area contributed by atoms with Gasteiger partial charge in [0.05, 0.1) is 10.5 Å². The van der Waals surface area contributed by atoms with Gasteiger partial charge in [-0.25, -0.2) is 30.3 Å². The summed E-state index contributed by atoms with van der Waals surface area (Å²) in [7, 11) is -1.000. The summed E-state index contributed by atoms with van der Waals surface area (Å²) in [5, 5.41) is 2.14. The monoisotopic (exact) mass is 376 g/mol. The highest BCUT2D eigenvalue weighted by Gasteiger charge is 2.23. The van der Waals surface area contributed by atoms with Crippen molar-refractivity contribution in [2.75, 3.05) is 19.4 Å². The highest BCUT2D eigenvalue weighted by atomic mass is 32.2. The molecule has 5 nitrogen and oxygen atoms in total. The molecule has 2 aromatic rings. The van der Waals surface area contributed by atoms with Crippen molar-refractivity contribution in [3.63, 3.8) is 0 Å². The third kappa shape index (κ3) is 3.64. The van der Waals surface area contributed by atoms with Gasteiger partial charge in [-0.3, -0.25) is 4.79 Å². The molecule has 0 aromatic heterocycles. The Morgan fingerprint density at radius 1 is 0.960 bits per heavy atom. The first kappa shape index (κ1) is 18.9. The van der Waals surface area contributed by atoms with Gasteiger partial charge in [0, 0.05) is 19.8 Å². The van der Waals surface area contributed by atoms with Crippen molar-refractivity contribution in [2.45, 2.75) is 4.90 Å². The van der Waals surface area contributed by atoms with Crippen LogP contribution in [0.5, 0.6) is 0 Å². The van der Waals surface area contributed by atoms with Crippen LogP contribution in [0.3, 0.4) is 0 Å². The van der Waals surface area contributed by atoms with Gasteiger partial charge in [0.15, 0.2) is 23.3 Å². The molecule has 1 N–H and O–H groups in total. The molecule has 0 aliphatic carbocycles. The average Bonchev–Trinajstić information content (AvgIpc) is 2.56. The summed E-state index contributed by atoms with van der Waals surface area (Å²) >= 11 is 0. The van der Waals surface area contributed by atoms with Gasteiger partial charge in [-0.15, -0.1) is 0 Å². The molecule has 10 heteroatoms. The van der Waals surface area contributed by atoms with Crippen LogP contribution in [0.15, 0.2) is 35.2 Å². The number of sulfonamides is 1. The minimum Gasteiger partial charge on any atom is -0.322 e. The lowest BCUT2D eigenvalue weighted by atomic mass is 10.1. The first-order valence-corrected chi connectivity index (χ1v) is 8.16. The smallest absolute Gasteiger partial charge is 0.258 e. The van der Waals surface area contributed by atoms with Crippen LogP contribution >= 0.6 is 0 Å². The molecule has 0 radical (unpaired) electrons. The van der Waals surface area contributed by atoms with E-state index in [0.29, 0.717) is 0 Å². The van der Waals surface area contributed by atoms with Crippen LogP contribution in [0.4, 0.5) is 23.2 Å². The van der Waals surface area contributed by atoms with Crippen molar-refractivity contribution >= 4 is 21.6 Å². The Morgan fingerprint density at radius 3 is 2.04 bits per heavy atom. The third-order valence-electron chi connectivity index (χ3n) is 3.24. The number of hydrogen-bond acceptors (Lipinski definition) is 3. The van der Waals surface area contributed by atoms with Crippen LogP contribution in [-0.4, -0.2) is 32.7 Å². The molecule has 0 fully saturated rings. The fraction of sp³-hybridized carbons (Fsp3) is 0.133. The molecule has 1 amide bonds. The fourth-order valence-electron chi connectivity index (χ4n) is 1.86. The molecule has 0 bridgehead atoms. The number of hydrogen-bond donors (Lipinski definition) is 1. The largest absolute Gasteiger partial charge is 0.322 e. The second-order valence-corrected chi connectivity index (χ2v) is 7.27. The quantitative estimate of drug-likeness (QED) is 0.507. The van der Waals surface area contributed by atoms with Gasteiger partial charge in [-0.1, -0.05) is 0 Å². The normalized spacial score (nSPS) is 11.6. The number of nitrogens with one attached hydrogen (secondary N) is 1. The van der Waals surface area contributed by atoms with Crippen molar-refractivity contribution in [3.8, 4) is 0 Å². The Hall–Kier alpha value is -2.46. The first-order chi connectivity index (χ1) is 11.6.